The summed E-state index contributed by atoms with van der Waals surface area (Å²) >= 11 is 12.1. The smallest absolute Gasteiger partial charge is 0.321 e. The molecule has 0 spiro atoms. The lowest BCUT2D eigenvalue weighted by Crippen LogP contribution is -2.53. The van der Waals surface area contributed by atoms with Gasteiger partial charge in [0, 0.05) is 31.9 Å². The molecule has 0 aromatic heterocycles. The van der Waals surface area contributed by atoms with Crippen LogP contribution in [0.5, 0.6) is 0 Å². The lowest BCUT2D eigenvalue weighted by atomic mass is 10.1. The van der Waals surface area contributed by atoms with Gasteiger partial charge in [0.25, 0.3) is 0 Å². The van der Waals surface area contributed by atoms with Crippen LogP contribution in [0.4, 0.5) is 14.9 Å². The minimum atomic E-state index is -0.985. The first-order valence-electron chi connectivity index (χ1n) is 7.72. The van der Waals surface area contributed by atoms with Gasteiger partial charge in [0.15, 0.2) is 0 Å². The van der Waals surface area contributed by atoms with Gasteiger partial charge in [0.05, 0.1) is 5.41 Å². The molecule has 5 nitrogen and oxygen atoms in total. The zero-order valence-corrected chi connectivity index (χ0v) is 14.7. The van der Waals surface area contributed by atoms with Crippen LogP contribution >= 0.6 is 23.2 Å². The SMILES string of the molecule is C[C@]1(C(=O)N2CCN(C(=O)Nc3ccc(F)cc3)CC2)CC1(Cl)Cl. The molecule has 2 aliphatic rings. The summed E-state index contributed by atoms with van der Waals surface area (Å²) in [6, 6.07) is 5.30. The average molecular weight is 374 g/mol. The molecule has 130 valence electrons. The summed E-state index contributed by atoms with van der Waals surface area (Å²) < 4.78 is 11.9. The molecule has 2 fully saturated rings. The Morgan fingerprint density at radius 1 is 1.08 bits per heavy atom. The molecule has 0 bridgehead atoms. The zero-order valence-electron chi connectivity index (χ0n) is 13.2. The average Bonchev–Trinajstić information content (AvgIpc) is 3.08. The number of rotatable bonds is 2. The second-order valence-electron chi connectivity index (χ2n) is 6.43. The maximum atomic E-state index is 12.9. The lowest BCUT2D eigenvalue weighted by molar-refractivity contribution is -0.137. The van der Waals surface area contributed by atoms with Crippen LogP contribution in [0.15, 0.2) is 24.3 Å². The highest BCUT2D eigenvalue weighted by atomic mass is 35.5. The first kappa shape index (κ1) is 17.3. The third-order valence-electron chi connectivity index (χ3n) is 4.68. The van der Waals surface area contributed by atoms with Crippen molar-refractivity contribution in [2.24, 2.45) is 5.41 Å². The molecular weight excluding hydrogens is 356 g/mol. The van der Waals surface area contributed by atoms with E-state index in [2.05, 4.69) is 5.32 Å². The number of halogens is 3. The quantitative estimate of drug-likeness (QED) is 0.809. The van der Waals surface area contributed by atoms with Crippen molar-refractivity contribution in [3.8, 4) is 0 Å². The van der Waals surface area contributed by atoms with Gasteiger partial charge in [-0.1, -0.05) is 0 Å². The third kappa shape index (κ3) is 3.17. The minimum Gasteiger partial charge on any atom is -0.339 e. The molecule has 0 unspecified atom stereocenters. The Balaban J connectivity index is 1.52. The van der Waals surface area contributed by atoms with Crippen molar-refractivity contribution in [3.05, 3.63) is 30.1 Å². The Labute approximate surface area is 149 Å². The summed E-state index contributed by atoms with van der Waals surface area (Å²) in [5.41, 5.74) is -0.200. The van der Waals surface area contributed by atoms with Crippen LogP contribution in [-0.4, -0.2) is 52.3 Å². The number of carbonyl (C=O) groups is 2. The monoisotopic (exact) mass is 373 g/mol. The first-order valence-corrected chi connectivity index (χ1v) is 8.47. The number of hydrogen-bond acceptors (Lipinski definition) is 2. The molecule has 3 rings (SSSR count). The number of anilines is 1. The fraction of sp³-hybridized carbons (Fsp3) is 0.500. The van der Waals surface area contributed by atoms with Gasteiger partial charge in [0.1, 0.15) is 10.2 Å². The Bertz CT molecular complexity index is 660. The minimum absolute atomic E-state index is 0.0638. The van der Waals surface area contributed by atoms with Gasteiger partial charge in [-0.25, -0.2) is 9.18 Å². The molecule has 1 saturated heterocycles. The van der Waals surface area contributed by atoms with Gasteiger partial charge >= 0.3 is 6.03 Å². The Morgan fingerprint density at radius 3 is 2.08 bits per heavy atom. The molecular formula is C16H18Cl2FN3O2. The molecule has 24 heavy (non-hydrogen) atoms. The Kier molecular flexibility index (Phi) is 4.38. The number of nitrogens with zero attached hydrogens (tertiary/aromatic N) is 2. The zero-order chi connectivity index (χ0) is 17.5. The van der Waals surface area contributed by atoms with Crippen LogP contribution in [0.25, 0.3) is 0 Å². The fourth-order valence-electron chi connectivity index (χ4n) is 2.83. The summed E-state index contributed by atoms with van der Waals surface area (Å²) in [5, 5.41) is 2.71. The topological polar surface area (TPSA) is 52.7 Å². The van der Waals surface area contributed by atoms with Crippen molar-refractivity contribution in [2.75, 3.05) is 31.5 Å². The van der Waals surface area contributed by atoms with Crippen molar-refractivity contribution < 1.29 is 14.0 Å². The molecule has 0 radical (unpaired) electrons. The van der Waals surface area contributed by atoms with Gasteiger partial charge in [-0.05, 0) is 37.6 Å². The van der Waals surface area contributed by atoms with E-state index >= 15 is 0 Å². The van der Waals surface area contributed by atoms with Crippen LogP contribution < -0.4 is 5.32 Å². The highest BCUT2D eigenvalue weighted by Gasteiger charge is 2.68. The van der Waals surface area contributed by atoms with E-state index in [9.17, 15) is 14.0 Å². The maximum Gasteiger partial charge on any atom is 0.321 e. The summed E-state index contributed by atoms with van der Waals surface area (Å²) in [7, 11) is 0. The second kappa shape index (κ2) is 6.08. The van der Waals surface area contributed by atoms with E-state index in [1.807, 2.05) is 0 Å². The van der Waals surface area contributed by atoms with E-state index in [1.165, 1.54) is 24.3 Å². The molecule has 1 atom stereocenters. The van der Waals surface area contributed by atoms with E-state index in [0.29, 0.717) is 38.3 Å². The molecule has 1 N–H and O–H groups in total. The predicted molar refractivity (Wildman–Crippen MR) is 90.7 cm³/mol. The lowest BCUT2D eigenvalue weighted by Gasteiger charge is -2.36. The molecule has 1 heterocycles. The normalized spacial score (nSPS) is 25.3. The number of piperazine rings is 1. The molecule has 8 heteroatoms. The van der Waals surface area contributed by atoms with Crippen molar-refractivity contribution in [1.29, 1.82) is 0 Å². The van der Waals surface area contributed by atoms with Gasteiger partial charge < -0.3 is 15.1 Å². The number of carbonyl (C=O) groups excluding carboxylic acids is 2. The number of amides is 3. The molecule has 1 saturated carbocycles. The summed E-state index contributed by atoms with van der Waals surface area (Å²) in [5.74, 6) is -0.422. The predicted octanol–water partition coefficient (Wildman–Crippen LogP) is 3.09. The highest BCUT2D eigenvalue weighted by molar-refractivity contribution is 6.53. The number of alkyl halides is 2. The van der Waals surface area contributed by atoms with Crippen LogP contribution in [0.1, 0.15) is 13.3 Å². The largest absolute Gasteiger partial charge is 0.339 e. The maximum absolute atomic E-state index is 12.9. The molecule has 1 aliphatic carbocycles. The number of nitrogens with one attached hydrogen (secondary N) is 1. The second-order valence-corrected chi connectivity index (χ2v) is 7.91. The van der Waals surface area contributed by atoms with Gasteiger partial charge in [0.2, 0.25) is 5.91 Å². The van der Waals surface area contributed by atoms with Crippen LogP contribution in [0, 0.1) is 11.2 Å². The van der Waals surface area contributed by atoms with Crippen molar-refractivity contribution in [2.45, 2.75) is 17.7 Å². The molecule has 1 aliphatic heterocycles. The van der Waals surface area contributed by atoms with E-state index in [1.54, 1.807) is 16.7 Å². The van der Waals surface area contributed by atoms with Crippen LogP contribution in [0.2, 0.25) is 0 Å². The third-order valence-corrected chi connectivity index (χ3v) is 5.78. The molecule has 3 amide bonds. The number of benzene rings is 1. The van der Waals surface area contributed by atoms with E-state index < -0.39 is 9.75 Å². The van der Waals surface area contributed by atoms with Gasteiger partial charge in [-0.15, -0.1) is 23.2 Å². The highest BCUT2D eigenvalue weighted by Crippen LogP contribution is 2.64. The first-order chi connectivity index (χ1) is 11.2. The summed E-state index contributed by atoms with van der Waals surface area (Å²) in [6.45, 7) is 3.49. The summed E-state index contributed by atoms with van der Waals surface area (Å²) in [4.78, 5) is 28.0. The molecule has 1 aromatic carbocycles. The number of hydrogen-bond donors (Lipinski definition) is 1. The fourth-order valence-corrected chi connectivity index (χ4v) is 3.53. The van der Waals surface area contributed by atoms with Gasteiger partial charge in [-0.3, -0.25) is 4.79 Å². The van der Waals surface area contributed by atoms with Crippen molar-refractivity contribution in [1.82, 2.24) is 9.80 Å². The van der Waals surface area contributed by atoms with Gasteiger partial charge in [-0.2, -0.15) is 0 Å². The van der Waals surface area contributed by atoms with Crippen molar-refractivity contribution in [3.63, 3.8) is 0 Å². The van der Waals surface area contributed by atoms with E-state index in [0.717, 1.165) is 0 Å². The number of urea groups is 1. The van der Waals surface area contributed by atoms with Crippen LogP contribution in [0.3, 0.4) is 0 Å². The van der Waals surface area contributed by atoms with E-state index in [4.69, 9.17) is 23.2 Å². The Morgan fingerprint density at radius 2 is 1.58 bits per heavy atom. The van der Waals surface area contributed by atoms with Crippen LogP contribution in [-0.2, 0) is 4.79 Å². The van der Waals surface area contributed by atoms with E-state index in [-0.39, 0.29) is 17.8 Å². The standard InChI is InChI=1S/C16H18Cl2FN3O2/c1-15(10-16(15,17)18)13(23)21-6-8-22(9-7-21)14(24)20-12-4-2-11(19)3-5-12/h2-5H,6-10H2,1H3,(H,20,24)/t15-/m1/s1. The summed E-state index contributed by atoms with van der Waals surface area (Å²) in [6.07, 6.45) is 0.452. The molecule has 1 aromatic rings. The Hall–Kier alpha value is -1.53. The van der Waals surface area contributed by atoms with Crippen molar-refractivity contribution >= 4 is 40.8 Å².